The number of amides is 1. The summed E-state index contributed by atoms with van der Waals surface area (Å²) in [5, 5.41) is 19.1. The number of carbonyl (C=O) groups is 3. The molecule has 1 saturated heterocycles. The second-order valence-electron chi connectivity index (χ2n) is 11.3. The van der Waals surface area contributed by atoms with E-state index < -0.39 is 69.2 Å². The number of nitrogens with zero attached hydrogens (tertiary/aromatic N) is 2. The van der Waals surface area contributed by atoms with Gasteiger partial charge in [-0.15, -0.1) is 0 Å². The van der Waals surface area contributed by atoms with Crippen LogP contribution in [-0.2, 0) is 46.1 Å². The van der Waals surface area contributed by atoms with E-state index in [1.54, 1.807) is 19.1 Å². The molecule has 4 N–H and O–H groups in total. The van der Waals surface area contributed by atoms with Crippen LogP contribution in [0.5, 0.6) is 0 Å². The maximum atomic E-state index is 13.8. The minimum atomic E-state index is -4.28. The number of primary sulfonamides is 1. The number of likely N-dealkylation sites (N-methyl/N-ethyl adjacent to an activating group) is 1. The summed E-state index contributed by atoms with van der Waals surface area (Å²) in [6.45, 7) is 1.65. The highest BCUT2D eigenvalue weighted by Crippen LogP contribution is 2.36. The lowest BCUT2D eigenvalue weighted by molar-refractivity contribution is -0.280. The maximum absolute atomic E-state index is 13.8. The van der Waals surface area contributed by atoms with Gasteiger partial charge in [-0.25, -0.2) is 31.9 Å². The summed E-state index contributed by atoms with van der Waals surface area (Å²) in [7, 11) is -2.76. The molecule has 0 spiro atoms. The van der Waals surface area contributed by atoms with Crippen LogP contribution in [0.4, 0.5) is 19.3 Å². The van der Waals surface area contributed by atoms with Crippen LogP contribution in [0.3, 0.4) is 0 Å². The molecule has 1 aliphatic heterocycles. The van der Waals surface area contributed by atoms with E-state index in [1.165, 1.54) is 31.2 Å². The fourth-order valence-corrected chi connectivity index (χ4v) is 6.16. The van der Waals surface area contributed by atoms with Crippen LogP contribution < -0.4 is 10.5 Å². The van der Waals surface area contributed by atoms with Crippen molar-refractivity contribution in [2.24, 2.45) is 5.14 Å². The van der Waals surface area contributed by atoms with Crippen LogP contribution >= 0.6 is 11.6 Å². The molecular weight excluding hydrogens is 710 g/mol. The van der Waals surface area contributed by atoms with Gasteiger partial charge in [-0.3, -0.25) is 14.6 Å². The van der Waals surface area contributed by atoms with Crippen LogP contribution in [-0.4, -0.2) is 93.6 Å². The van der Waals surface area contributed by atoms with Crippen LogP contribution in [0, 0.1) is 11.6 Å². The number of hydrogen-bond donors (Lipinski definition) is 3. The number of carbonyl (C=O) groups excluding carboxylic acids is 3. The number of rotatable bonds is 13. The Morgan fingerprint density at radius 3 is 2.48 bits per heavy atom. The molecule has 15 nitrogen and oxygen atoms in total. The van der Waals surface area contributed by atoms with Crippen molar-refractivity contribution in [1.29, 1.82) is 0 Å². The summed E-state index contributed by atoms with van der Waals surface area (Å²) in [5.74, 6) is -5.34. The van der Waals surface area contributed by atoms with Gasteiger partial charge in [0.15, 0.2) is 0 Å². The Morgan fingerprint density at radius 1 is 1.14 bits per heavy atom. The van der Waals surface area contributed by atoms with Gasteiger partial charge in [0.05, 0.1) is 54.3 Å². The van der Waals surface area contributed by atoms with Crippen molar-refractivity contribution in [3.05, 3.63) is 82.3 Å². The molecule has 0 bridgehead atoms. The molecule has 0 radical (unpaired) electrons. The molecule has 3 aromatic rings. The van der Waals surface area contributed by atoms with E-state index in [0.717, 1.165) is 23.1 Å². The zero-order chi connectivity index (χ0) is 36.8. The Bertz CT molecular complexity index is 1800. The highest BCUT2D eigenvalue weighted by Gasteiger charge is 2.49. The predicted molar refractivity (Wildman–Crippen MR) is 171 cm³/mol. The van der Waals surface area contributed by atoms with Crippen molar-refractivity contribution < 1.29 is 60.1 Å². The number of nitrogens with one attached hydrogen (secondary N) is 1. The number of esters is 2. The third-order valence-electron chi connectivity index (χ3n) is 7.63. The Hall–Kier alpha value is -4.33. The Kier molecular flexibility index (Phi) is 12.4. The van der Waals surface area contributed by atoms with E-state index >= 15 is 0 Å². The summed E-state index contributed by atoms with van der Waals surface area (Å²) < 4.78 is 77.8. The largest absolute Gasteiger partial charge is 0.467 e. The summed E-state index contributed by atoms with van der Waals surface area (Å²) >= 11 is 6.10. The number of aliphatic hydroxyl groups is 1. The number of furan rings is 1. The fourth-order valence-electron chi connectivity index (χ4n) is 5.06. The zero-order valence-electron chi connectivity index (χ0n) is 27.1. The average Bonchev–Trinajstić information content (AvgIpc) is 3.55. The number of morpholine rings is 1. The molecule has 50 heavy (non-hydrogen) atoms. The van der Waals surface area contributed by atoms with E-state index in [0.29, 0.717) is 11.8 Å². The number of sulfonamides is 1. The molecule has 272 valence electrons. The van der Waals surface area contributed by atoms with Crippen molar-refractivity contribution >= 4 is 45.3 Å². The number of halogens is 3. The van der Waals surface area contributed by atoms with Crippen LogP contribution in [0.1, 0.15) is 35.5 Å². The molecule has 1 aromatic heterocycles. The SMILES string of the molecule is C[C@@H]1CO[C@@](O)(c2cc(F)cc(F)c2)[C@H](C)N1C(=O)OCOC(=O)CN(C)CCOC(=O)c1cc(S(N)(=O)=O)c(Cl)cc1NCc1ccco1. The summed E-state index contributed by atoms with van der Waals surface area (Å²) in [5.41, 5.74) is -0.251. The third kappa shape index (κ3) is 9.46. The highest BCUT2D eigenvalue weighted by molar-refractivity contribution is 7.89. The van der Waals surface area contributed by atoms with Gasteiger partial charge >= 0.3 is 18.0 Å². The molecular formula is C31H35ClF2N4O11S. The lowest BCUT2D eigenvalue weighted by Crippen LogP contribution is -2.62. The van der Waals surface area contributed by atoms with E-state index in [2.05, 4.69) is 5.32 Å². The van der Waals surface area contributed by atoms with Crippen molar-refractivity contribution in [1.82, 2.24) is 9.80 Å². The first-order chi connectivity index (χ1) is 23.5. The summed E-state index contributed by atoms with van der Waals surface area (Å²) in [6.07, 6.45) is 0.472. The monoisotopic (exact) mass is 744 g/mol. The quantitative estimate of drug-likeness (QED) is 0.171. The van der Waals surface area contributed by atoms with Crippen molar-refractivity contribution in [2.45, 2.75) is 43.2 Å². The molecule has 0 saturated carbocycles. The van der Waals surface area contributed by atoms with E-state index in [9.17, 15) is 36.7 Å². The normalized spacial score (nSPS) is 19.3. The van der Waals surface area contributed by atoms with Gasteiger partial charge in [0, 0.05) is 18.2 Å². The Balaban J connectivity index is 1.27. The summed E-state index contributed by atoms with van der Waals surface area (Å²) in [4.78, 5) is 40.3. The number of benzene rings is 2. The van der Waals surface area contributed by atoms with Gasteiger partial charge in [0.2, 0.25) is 22.6 Å². The van der Waals surface area contributed by atoms with E-state index in [1.807, 2.05) is 0 Å². The molecule has 0 unspecified atom stereocenters. The molecule has 1 aliphatic rings. The predicted octanol–water partition coefficient (Wildman–Crippen LogP) is 3.15. The lowest BCUT2D eigenvalue weighted by Gasteiger charge is -2.47. The number of anilines is 1. The van der Waals surface area contributed by atoms with Crippen molar-refractivity contribution in [3.63, 3.8) is 0 Å². The van der Waals surface area contributed by atoms with E-state index in [-0.39, 0.29) is 54.7 Å². The van der Waals surface area contributed by atoms with Gasteiger partial charge in [-0.2, -0.15) is 0 Å². The first kappa shape index (κ1) is 38.5. The van der Waals surface area contributed by atoms with Gasteiger partial charge in [0.25, 0.3) is 0 Å². The first-order valence-corrected chi connectivity index (χ1v) is 16.8. The topological polar surface area (TPSA) is 200 Å². The van der Waals surface area contributed by atoms with Gasteiger partial charge < -0.3 is 33.8 Å². The Labute approximate surface area is 290 Å². The van der Waals surface area contributed by atoms with E-state index in [4.69, 9.17) is 40.1 Å². The lowest BCUT2D eigenvalue weighted by atomic mass is 9.94. The maximum Gasteiger partial charge on any atom is 0.413 e. The molecule has 3 atom stereocenters. The average molecular weight is 745 g/mol. The number of ether oxygens (including phenoxy) is 4. The number of hydrogen-bond acceptors (Lipinski definition) is 13. The number of nitrogens with two attached hydrogens (primary N) is 1. The second kappa shape index (κ2) is 16.1. The second-order valence-corrected chi connectivity index (χ2v) is 13.3. The molecule has 1 fully saturated rings. The van der Waals surface area contributed by atoms with Crippen LogP contribution in [0.2, 0.25) is 5.02 Å². The third-order valence-corrected chi connectivity index (χ3v) is 9.00. The molecule has 1 amide bonds. The molecule has 2 aromatic carbocycles. The van der Waals surface area contributed by atoms with Gasteiger partial charge in [-0.1, -0.05) is 11.6 Å². The van der Waals surface area contributed by atoms with Crippen molar-refractivity contribution in [2.75, 3.05) is 45.5 Å². The molecule has 0 aliphatic carbocycles. The van der Waals surface area contributed by atoms with Gasteiger partial charge in [-0.05, 0) is 57.3 Å². The first-order valence-electron chi connectivity index (χ1n) is 14.9. The fraction of sp³-hybridized carbons (Fsp3) is 0.387. The highest BCUT2D eigenvalue weighted by atomic mass is 35.5. The van der Waals surface area contributed by atoms with Gasteiger partial charge in [0.1, 0.15) is 28.9 Å². The van der Waals surface area contributed by atoms with Crippen LogP contribution in [0.15, 0.2) is 58.0 Å². The van der Waals surface area contributed by atoms with Crippen molar-refractivity contribution in [3.8, 4) is 0 Å². The smallest absolute Gasteiger partial charge is 0.413 e. The summed E-state index contributed by atoms with van der Waals surface area (Å²) in [6, 6.07) is 6.18. The van der Waals surface area contributed by atoms with Crippen LogP contribution in [0.25, 0.3) is 0 Å². The zero-order valence-corrected chi connectivity index (χ0v) is 28.6. The Morgan fingerprint density at radius 2 is 1.84 bits per heavy atom. The minimum absolute atomic E-state index is 0.0352. The standard InChI is InChI=1S/C31H35ClF2N4O11S/c1-18-16-49-31(42,20-9-21(33)11-22(34)10-20)19(2)38(18)30(41)48-17-47-28(39)15-37(3)6-8-46-29(40)24-12-27(50(35,43)44)25(32)13-26(24)36-14-23-5-4-7-45-23/h4-5,7,9-13,18-19,36,42H,6,8,14-17H2,1-3H3,(H2,35,43,44)/t18-,19+,31-/m1/s1. The molecule has 4 rings (SSSR count). The molecule has 19 heteroatoms. The minimum Gasteiger partial charge on any atom is -0.467 e. The molecule has 2 heterocycles.